The van der Waals surface area contributed by atoms with E-state index in [4.69, 9.17) is 9.47 Å². The molecule has 5 nitrogen and oxygen atoms in total. The summed E-state index contributed by atoms with van der Waals surface area (Å²) in [5.74, 6) is -0.386. The number of ether oxygens (including phenoxy) is 2. The Morgan fingerprint density at radius 2 is 1.68 bits per heavy atom. The average molecular weight is 421 g/mol. The molecular formula is C26H32N2O3. The molecule has 0 bridgehead atoms. The standard InChI is InChI=1S/C26H32N2O3/c1-8-30-25(29)24(31-26(5,6)7)23-18(4)21-14-28(15-27)13-20(21)17(3)22(23)19-11-9-16(2)10-12-19/h9-12,24H,8,13-14H2,1-7H3/t24-/m0/s1. The van der Waals surface area contributed by atoms with Gasteiger partial charge in [-0.1, -0.05) is 29.8 Å². The van der Waals surface area contributed by atoms with Crippen molar-refractivity contribution in [2.45, 2.75) is 73.3 Å². The Hall–Kier alpha value is -2.84. The van der Waals surface area contributed by atoms with E-state index >= 15 is 0 Å². The quantitative estimate of drug-likeness (QED) is 0.472. The Kier molecular flexibility index (Phi) is 6.43. The number of nitriles is 1. The van der Waals surface area contributed by atoms with Crippen LogP contribution in [0.15, 0.2) is 24.3 Å². The highest BCUT2D eigenvalue weighted by Gasteiger charge is 2.36. The van der Waals surface area contributed by atoms with Crippen molar-refractivity contribution in [1.29, 1.82) is 5.26 Å². The highest BCUT2D eigenvalue weighted by Crippen LogP contribution is 2.43. The van der Waals surface area contributed by atoms with E-state index in [2.05, 4.69) is 44.3 Å². The molecule has 0 fully saturated rings. The van der Waals surface area contributed by atoms with E-state index in [9.17, 15) is 10.1 Å². The summed E-state index contributed by atoms with van der Waals surface area (Å²) >= 11 is 0. The van der Waals surface area contributed by atoms with Gasteiger partial charge in [-0.25, -0.2) is 4.79 Å². The summed E-state index contributed by atoms with van der Waals surface area (Å²) in [6.07, 6.45) is 1.42. The summed E-state index contributed by atoms with van der Waals surface area (Å²) in [5, 5.41) is 9.50. The van der Waals surface area contributed by atoms with Crippen molar-refractivity contribution in [3.63, 3.8) is 0 Å². The maximum Gasteiger partial charge on any atom is 0.339 e. The Balaban J connectivity index is 2.33. The van der Waals surface area contributed by atoms with E-state index in [-0.39, 0.29) is 12.6 Å². The van der Waals surface area contributed by atoms with E-state index in [1.165, 1.54) is 5.56 Å². The van der Waals surface area contributed by atoms with Crippen LogP contribution < -0.4 is 0 Å². The van der Waals surface area contributed by atoms with Crippen molar-refractivity contribution in [2.75, 3.05) is 6.61 Å². The molecule has 0 saturated carbocycles. The predicted molar refractivity (Wildman–Crippen MR) is 121 cm³/mol. The largest absolute Gasteiger partial charge is 0.464 e. The Morgan fingerprint density at radius 3 is 2.19 bits per heavy atom. The summed E-state index contributed by atoms with van der Waals surface area (Å²) in [4.78, 5) is 14.9. The van der Waals surface area contributed by atoms with Gasteiger partial charge in [0, 0.05) is 5.56 Å². The number of esters is 1. The molecule has 0 N–H and O–H groups in total. The lowest BCUT2D eigenvalue weighted by Gasteiger charge is -2.30. The lowest BCUT2D eigenvalue weighted by atomic mass is 9.83. The molecule has 0 aliphatic carbocycles. The SMILES string of the molecule is CCOC(=O)[C@@H](OC(C)(C)C)c1c(C)c2c(c(C)c1-c1ccc(C)cc1)CN(C#N)C2. The van der Waals surface area contributed by atoms with Gasteiger partial charge in [-0.3, -0.25) is 0 Å². The second-order valence-corrected chi connectivity index (χ2v) is 9.18. The predicted octanol–water partition coefficient (Wildman–Crippen LogP) is 5.49. The smallest absolute Gasteiger partial charge is 0.339 e. The molecule has 3 rings (SSSR count). The number of benzene rings is 2. The van der Waals surface area contributed by atoms with E-state index in [0.717, 1.165) is 38.9 Å². The zero-order valence-electron chi connectivity index (χ0n) is 19.6. The maximum absolute atomic E-state index is 13.1. The van der Waals surface area contributed by atoms with Crippen LogP contribution in [0, 0.1) is 32.2 Å². The van der Waals surface area contributed by atoms with Crippen molar-refractivity contribution in [3.8, 4) is 17.3 Å². The van der Waals surface area contributed by atoms with Gasteiger partial charge in [0.15, 0.2) is 12.3 Å². The molecule has 0 radical (unpaired) electrons. The van der Waals surface area contributed by atoms with Crippen LogP contribution in [0.4, 0.5) is 0 Å². The topological polar surface area (TPSA) is 62.6 Å². The third kappa shape index (κ3) is 4.60. The van der Waals surface area contributed by atoms with Crippen LogP contribution in [0.2, 0.25) is 0 Å². The van der Waals surface area contributed by atoms with E-state index in [1.54, 1.807) is 11.8 Å². The average Bonchev–Trinajstić information content (AvgIpc) is 3.14. The van der Waals surface area contributed by atoms with Crippen LogP contribution >= 0.6 is 0 Å². The first-order valence-electron chi connectivity index (χ1n) is 10.8. The van der Waals surface area contributed by atoms with E-state index < -0.39 is 11.7 Å². The van der Waals surface area contributed by atoms with Gasteiger partial charge in [-0.15, -0.1) is 0 Å². The third-order valence-electron chi connectivity index (χ3n) is 5.73. The summed E-state index contributed by atoms with van der Waals surface area (Å²) < 4.78 is 11.8. The highest BCUT2D eigenvalue weighted by molar-refractivity contribution is 5.85. The number of rotatable bonds is 5. The van der Waals surface area contributed by atoms with Gasteiger partial charge in [-0.05, 0) is 81.8 Å². The van der Waals surface area contributed by atoms with Crippen molar-refractivity contribution in [2.24, 2.45) is 0 Å². The van der Waals surface area contributed by atoms with Crippen molar-refractivity contribution >= 4 is 5.97 Å². The second kappa shape index (κ2) is 8.72. The molecule has 0 saturated heterocycles. The van der Waals surface area contributed by atoms with Gasteiger partial charge in [-0.2, -0.15) is 5.26 Å². The molecule has 2 aromatic carbocycles. The number of carbonyl (C=O) groups is 1. The lowest BCUT2D eigenvalue weighted by molar-refractivity contribution is -0.166. The van der Waals surface area contributed by atoms with Gasteiger partial charge in [0.25, 0.3) is 0 Å². The number of aryl methyl sites for hydroxylation is 1. The van der Waals surface area contributed by atoms with Crippen LogP contribution in [-0.4, -0.2) is 23.1 Å². The monoisotopic (exact) mass is 420 g/mol. The molecule has 1 aliphatic heterocycles. The van der Waals surface area contributed by atoms with Crippen LogP contribution in [0.1, 0.15) is 67.2 Å². The maximum atomic E-state index is 13.1. The molecule has 2 aromatic rings. The zero-order valence-corrected chi connectivity index (χ0v) is 19.6. The van der Waals surface area contributed by atoms with Crippen molar-refractivity contribution < 1.29 is 14.3 Å². The number of hydrogen-bond acceptors (Lipinski definition) is 5. The highest BCUT2D eigenvalue weighted by atomic mass is 16.6. The summed E-state index contributed by atoms with van der Waals surface area (Å²) in [7, 11) is 0. The third-order valence-corrected chi connectivity index (χ3v) is 5.73. The number of carbonyl (C=O) groups excluding carboxylic acids is 1. The normalized spacial score (nSPS) is 14.2. The number of nitrogens with zero attached hydrogens (tertiary/aromatic N) is 2. The lowest BCUT2D eigenvalue weighted by Crippen LogP contribution is -2.30. The molecule has 0 aromatic heterocycles. The fraction of sp³-hybridized carbons (Fsp3) is 0.462. The molecule has 1 heterocycles. The van der Waals surface area contributed by atoms with Crippen LogP contribution in [0.25, 0.3) is 11.1 Å². The molecule has 164 valence electrons. The summed E-state index contributed by atoms with van der Waals surface area (Å²) in [6.45, 7) is 15.2. The Bertz CT molecular complexity index is 1030. The van der Waals surface area contributed by atoms with Crippen LogP contribution in [0.3, 0.4) is 0 Å². The fourth-order valence-corrected chi connectivity index (χ4v) is 4.31. The van der Waals surface area contributed by atoms with Gasteiger partial charge >= 0.3 is 5.97 Å². The summed E-state index contributed by atoms with van der Waals surface area (Å²) in [6, 6.07) is 8.33. The first kappa shape index (κ1) is 22.8. The molecule has 1 aliphatic rings. The molecule has 5 heteroatoms. The van der Waals surface area contributed by atoms with Gasteiger partial charge < -0.3 is 14.4 Å². The fourth-order valence-electron chi connectivity index (χ4n) is 4.31. The van der Waals surface area contributed by atoms with Crippen LogP contribution in [-0.2, 0) is 27.4 Å². The Labute approximate surface area is 185 Å². The van der Waals surface area contributed by atoms with Gasteiger partial charge in [0.05, 0.1) is 25.3 Å². The number of hydrogen-bond donors (Lipinski definition) is 0. The zero-order chi connectivity index (χ0) is 22.9. The first-order chi connectivity index (χ1) is 14.6. The Morgan fingerprint density at radius 1 is 1.10 bits per heavy atom. The molecule has 0 amide bonds. The molecule has 0 spiro atoms. The van der Waals surface area contributed by atoms with Crippen molar-refractivity contribution in [1.82, 2.24) is 4.90 Å². The van der Waals surface area contributed by atoms with E-state index in [1.807, 2.05) is 27.7 Å². The van der Waals surface area contributed by atoms with E-state index in [0.29, 0.717) is 13.1 Å². The van der Waals surface area contributed by atoms with Crippen LogP contribution in [0.5, 0.6) is 0 Å². The van der Waals surface area contributed by atoms with Gasteiger partial charge in [0.1, 0.15) is 0 Å². The van der Waals surface area contributed by atoms with Crippen molar-refractivity contribution in [3.05, 3.63) is 57.6 Å². The number of fused-ring (bicyclic) bond motifs is 1. The van der Waals surface area contributed by atoms with Gasteiger partial charge in [0.2, 0.25) is 0 Å². The molecule has 1 atom stereocenters. The minimum atomic E-state index is -0.851. The minimum Gasteiger partial charge on any atom is -0.464 e. The molecule has 0 unspecified atom stereocenters. The second-order valence-electron chi connectivity index (χ2n) is 9.18. The summed E-state index contributed by atoms with van der Waals surface area (Å²) in [5.41, 5.74) is 7.86. The molecular weight excluding hydrogens is 388 g/mol. The first-order valence-corrected chi connectivity index (χ1v) is 10.8. The minimum absolute atomic E-state index is 0.286. The molecule has 31 heavy (non-hydrogen) atoms.